The molecule has 3 heteroatoms. The summed E-state index contributed by atoms with van der Waals surface area (Å²) in [6.07, 6.45) is 4.78. The molecule has 0 unspecified atom stereocenters. The predicted octanol–water partition coefficient (Wildman–Crippen LogP) is -0.889. The molecule has 0 fully saturated rings. The fourth-order valence-corrected chi connectivity index (χ4v) is 0.130. The summed E-state index contributed by atoms with van der Waals surface area (Å²) in [4.78, 5) is 3.52. The molecule has 0 saturated heterocycles. The van der Waals surface area contributed by atoms with Crippen LogP contribution in [0.25, 0.3) is 0 Å². The van der Waals surface area contributed by atoms with E-state index < -0.39 is 0 Å². The van der Waals surface area contributed by atoms with E-state index in [0.717, 1.165) is 0 Å². The van der Waals surface area contributed by atoms with Crippen LogP contribution in [0.2, 0.25) is 0 Å². The lowest BCUT2D eigenvalue weighted by Gasteiger charge is -1.89. The van der Waals surface area contributed by atoms with Crippen molar-refractivity contribution in [2.45, 2.75) is 0 Å². The van der Waals surface area contributed by atoms with Crippen LogP contribution in [0.4, 0.5) is 0 Å². The van der Waals surface area contributed by atoms with Gasteiger partial charge in [0.15, 0.2) is 5.96 Å². The molecule has 0 saturated carbocycles. The molecule has 3 nitrogen and oxygen atoms in total. The third-order valence-electron chi connectivity index (χ3n) is 0.441. The first-order valence-electron chi connectivity index (χ1n) is 1.75. The maximum absolute atomic E-state index is 5.08. The minimum absolute atomic E-state index is 0.266. The van der Waals surface area contributed by atoms with Gasteiger partial charge in [0.1, 0.15) is 0 Å². The smallest absolute Gasteiger partial charge is 0.200 e. The van der Waals surface area contributed by atoms with Crippen molar-refractivity contribution in [1.82, 2.24) is 5.32 Å². The van der Waals surface area contributed by atoms with E-state index in [4.69, 9.17) is 12.2 Å². The molecule has 38 valence electrons. The minimum atomic E-state index is 0.266. The molecule has 0 aromatic rings. The summed E-state index contributed by atoms with van der Waals surface area (Å²) < 4.78 is 0. The van der Waals surface area contributed by atoms with Crippen LogP contribution in [0.1, 0.15) is 0 Å². The van der Waals surface area contributed by atoms with Crippen LogP contribution in [-0.2, 0) is 0 Å². The predicted molar refractivity (Wildman–Crippen MR) is 29.5 cm³/mol. The molecule has 0 amide bonds. The first-order chi connectivity index (χ1) is 3.31. The number of nitrogens with two attached hydrogens (primary N) is 1. The fourth-order valence-electron chi connectivity index (χ4n) is 0.130. The number of nitrogens with one attached hydrogen (secondary N) is 1. The quantitative estimate of drug-likeness (QED) is 0.178. The van der Waals surface area contributed by atoms with Crippen molar-refractivity contribution in [2.75, 3.05) is 7.05 Å². The molecule has 0 rings (SSSR count). The largest absolute Gasteiger partial charge is 0.369 e. The van der Waals surface area contributed by atoms with Crippen LogP contribution < -0.4 is 11.1 Å². The maximum Gasteiger partial charge on any atom is 0.200 e. The average Bonchev–Trinajstić information content (AvgIpc) is 1.68. The average molecular weight is 97.1 g/mol. The van der Waals surface area contributed by atoms with Gasteiger partial charge in [-0.15, -0.1) is 0 Å². The van der Waals surface area contributed by atoms with E-state index in [9.17, 15) is 0 Å². The zero-order valence-corrected chi connectivity index (χ0v) is 4.10. The molecular weight excluding hydrogens is 90.1 g/mol. The van der Waals surface area contributed by atoms with Crippen LogP contribution in [0, 0.1) is 12.5 Å². The molecule has 0 aliphatic rings. The summed E-state index contributed by atoms with van der Waals surface area (Å²) in [7, 11) is 1.56. The summed E-state index contributed by atoms with van der Waals surface area (Å²) >= 11 is 0. The Balaban J connectivity index is 3.43. The van der Waals surface area contributed by atoms with Gasteiger partial charge in [-0.3, -0.25) is 10.3 Å². The number of hydrogen-bond donors (Lipinski definition) is 2. The molecule has 3 N–H and O–H groups in total. The third-order valence-corrected chi connectivity index (χ3v) is 0.441. The van der Waals surface area contributed by atoms with E-state index in [-0.39, 0.29) is 5.96 Å². The number of aliphatic imine (C=N–C) groups is 1. The van der Waals surface area contributed by atoms with Gasteiger partial charge in [0.2, 0.25) is 0 Å². The van der Waals surface area contributed by atoms with Crippen molar-refractivity contribution in [3.8, 4) is 12.5 Å². The van der Waals surface area contributed by atoms with Gasteiger partial charge in [-0.2, -0.15) is 0 Å². The maximum atomic E-state index is 5.08. The Morgan fingerprint density at radius 3 is 2.71 bits per heavy atom. The Kier molecular flexibility index (Phi) is 2.53. The first kappa shape index (κ1) is 5.83. The summed E-state index contributed by atoms with van der Waals surface area (Å²) in [6, 6.07) is 2.11. The van der Waals surface area contributed by atoms with E-state index >= 15 is 0 Å². The van der Waals surface area contributed by atoms with Gasteiger partial charge in [-0.25, -0.2) is 0 Å². The number of guanidine groups is 1. The number of hydrogen-bond acceptors (Lipinski definition) is 1. The highest BCUT2D eigenvalue weighted by Gasteiger charge is 1.75. The minimum Gasteiger partial charge on any atom is -0.369 e. The van der Waals surface area contributed by atoms with Crippen LogP contribution in [0.15, 0.2) is 4.99 Å². The van der Waals surface area contributed by atoms with Crippen molar-refractivity contribution in [1.29, 1.82) is 0 Å². The standard InChI is InChI=1S/C4H7N3/c1-3-7-4(5)6-2/h1H,2H3,(H3,5,6,7). The molecule has 0 radical (unpaired) electrons. The van der Waals surface area contributed by atoms with Gasteiger partial charge >= 0.3 is 0 Å². The highest BCUT2D eigenvalue weighted by Crippen LogP contribution is 1.50. The van der Waals surface area contributed by atoms with Crippen LogP contribution in [0.5, 0.6) is 0 Å². The molecule has 0 aromatic carbocycles. The van der Waals surface area contributed by atoms with Crippen molar-refractivity contribution in [3.63, 3.8) is 0 Å². The van der Waals surface area contributed by atoms with E-state index in [0.29, 0.717) is 0 Å². The summed E-state index contributed by atoms with van der Waals surface area (Å²) in [5, 5.41) is 2.35. The Morgan fingerprint density at radius 2 is 2.57 bits per heavy atom. The van der Waals surface area contributed by atoms with Crippen LogP contribution >= 0.6 is 0 Å². The first-order valence-corrected chi connectivity index (χ1v) is 1.75. The lowest BCUT2D eigenvalue weighted by atomic mass is 10.9. The van der Waals surface area contributed by atoms with Crippen molar-refractivity contribution in [3.05, 3.63) is 0 Å². The van der Waals surface area contributed by atoms with E-state index in [1.165, 1.54) is 0 Å². The monoisotopic (exact) mass is 97.1 g/mol. The molecule has 0 spiro atoms. The van der Waals surface area contributed by atoms with Gasteiger partial charge in [-0.1, -0.05) is 6.42 Å². The topological polar surface area (TPSA) is 50.4 Å². The second kappa shape index (κ2) is 3.04. The second-order valence-corrected chi connectivity index (χ2v) is 0.878. The zero-order chi connectivity index (χ0) is 5.70. The normalized spacial score (nSPS) is 10.0. The SMILES string of the molecule is C#CNC(N)=NC. The van der Waals surface area contributed by atoms with Crippen molar-refractivity contribution < 1.29 is 0 Å². The molecule has 7 heavy (non-hydrogen) atoms. The van der Waals surface area contributed by atoms with Crippen molar-refractivity contribution >= 4 is 5.96 Å². The fraction of sp³-hybridized carbons (Fsp3) is 0.250. The molecule has 0 atom stereocenters. The summed E-state index contributed by atoms with van der Waals surface area (Å²) in [5.41, 5.74) is 5.08. The highest BCUT2D eigenvalue weighted by atomic mass is 15.1. The molecular formula is C4H7N3. The second-order valence-electron chi connectivity index (χ2n) is 0.878. The molecule has 0 heterocycles. The van der Waals surface area contributed by atoms with Crippen LogP contribution in [0.3, 0.4) is 0 Å². The lowest BCUT2D eigenvalue weighted by molar-refractivity contribution is 1.24. The lowest BCUT2D eigenvalue weighted by Crippen LogP contribution is -2.26. The number of terminal acetylenes is 1. The van der Waals surface area contributed by atoms with E-state index in [2.05, 4.69) is 16.4 Å². The Labute approximate surface area is 42.6 Å². The van der Waals surface area contributed by atoms with E-state index in [1.54, 1.807) is 7.05 Å². The van der Waals surface area contributed by atoms with Gasteiger partial charge in [0.05, 0.1) is 0 Å². The Bertz CT molecular complexity index is 109. The van der Waals surface area contributed by atoms with Gasteiger partial charge < -0.3 is 5.73 Å². The Hall–Kier alpha value is -1.17. The highest BCUT2D eigenvalue weighted by molar-refractivity contribution is 5.79. The number of rotatable bonds is 0. The van der Waals surface area contributed by atoms with Crippen molar-refractivity contribution in [2.24, 2.45) is 10.7 Å². The Morgan fingerprint density at radius 1 is 2.00 bits per heavy atom. The summed E-state index contributed by atoms with van der Waals surface area (Å²) in [6.45, 7) is 0. The third kappa shape index (κ3) is 2.64. The molecule has 0 aliphatic heterocycles. The van der Waals surface area contributed by atoms with E-state index in [1.807, 2.05) is 0 Å². The molecule has 0 bridgehead atoms. The number of nitrogens with zero attached hydrogens (tertiary/aromatic N) is 1. The molecule has 0 aliphatic carbocycles. The van der Waals surface area contributed by atoms with Crippen LogP contribution in [-0.4, -0.2) is 13.0 Å². The summed E-state index contributed by atoms with van der Waals surface area (Å²) in [5.74, 6) is 0.266. The molecule has 0 aromatic heterocycles. The van der Waals surface area contributed by atoms with Gasteiger partial charge in [-0.05, 0) is 0 Å². The zero-order valence-electron chi connectivity index (χ0n) is 4.10. The van der Waals surface area contributed by atoms with Gasteiger partial charge in [0.25, 0.3) is 0 Å². The van der Waals surface area contributed by atoms with Gasteiger partial charge in [0, 0.05) is 13.1 Å².